The Labute approximate surface area is 137 Å². The fourth-order valence-electron chi connectivity index (χ4n) is 3.13. The van der Waals surface area contributed by atoms with Gasteiger partial charge in [0.25, 0.3) is 0 Å². The predicted octanol–water partition coefficient (Wildman–Crippen LogP) is 3.57. The maximum Gasteiger partial charge on any atom is 0.414 e. The predicted molar refractivity (Wildman–Crippen MR) is 91.2 cm³/mol. The lowest BCUT2D eigenvalue weighted by Crippen LogP contribution is -2.35. The molecule has 0 aliphatic carbocycles. The first kappa shape index (κ1) is 16.1. The third-order valence-corrected chi connectivity index (χ3v) is 4.32. The zero-order chi connectivity index (χ0) is 16.6. The van der Waals surface area contributed by atoms with Gasteiger partial charge in [0.15, 0.2) is 0 Å². The van der Waals surface area contributed by atoms with Crippen molar-refractivity contribution in [1.82, 2.24) is 0 Å². The van der Waals surface area contributed by atoms with E-state index in [-0.39, 0.29) is 12.2 Å². The number of nitrogens with one attached hydrogen (secondary N) is 1. The van der Waals surface area contributed by atoms with Gasteiger partial charge in [-0.25, -0.2) is 4.79 Å². The summed E-state index contributed by atoms with van der Waals surface area (Å²) in [4.78, 5) is 14.0. The minimum atomic E-state index is -0.472. The zero-order valence-corrected chi connectivity index (χ0v) is 14.4. The summed E-state index contributed by atoms with van der Waals surface area (Å²) >= 11 is 0. The second kappa shape index (κ2) is 6.04. The number of fused-ring (bicyclic) bond motifs is 1. The molecule has 3 rings (SSSR count). The summed E-state index contributed by atoms with van der Waals surface area (Å²) in [5, 5.41) is 3.54. The Morgan fingerprint density at radius 3 is 2.83 bits per heavy atom. The molecule has 0 saturated carbocycles. The molecule has 1 fully saturated rings. The summed E-state index contributed by atoms with van der Waals surface area (Å²) in [7, 11) is 0. The van der Waals surface area contributed by atoms with Crippen LogP contribution in [0.4, 0.5) is 16.2 Å². The van der Waals surface area contributed by atoms with Gasteiger partial charge in [0, 0.05) is 18.8 Å². The lowest BCUT2D eigenvalue weighted by molar-refractivity contribution is 0.0584. The minimum Gasteiger partial charge on any atom is -0.443 e. The summed E-state index contributed by atoms with van der Waals surface area (Å²) in [6.45, 7) is 9.26. The highest BCUT2D eigenvalue weighted by atomic mass is 16.6. The lowest BCUT2D eigenvalue weighted by Gasteiger charge is -2.25. The quantitative estimate of drug-likeness (QED) is 0.905. The topological polar surface area (TPSA) is 50.8 Å². The Morgan fingerprint density at radius 1 is 1.39 bits per heavy atom. The highest BCUT2D eigenvalue weighted by molar-refractivity contribution is 5.91. The van der Waals surface area contributed by atoms with Gasteiger partial charge < -0.3 is 14.8 Å². The van der Waals surface area contributed by atoms with Crippen LogP contribution in [0.5, 0.6) is 0 Å². The van der Waals surface area contributed by atoms with E-state index in [9.17, 15) is 4.79 Å². The van der Waals surface area contributed by atoms with Gasteiger partial charge in [-0.05, 0) is 64.3 Å². The van der Waals surface area contributed by atoms with Gasteiger partial charge in [0.05, 0.1) is 17.8 Å². The Balaban J connectivity index is 1.71. The molecule has 126 valence electrons. The normalized spacial score (nSPS) is 23.7. The number of rotatable bonds is 2. The van der Waals surface area contributed by atoms with Gasteiger partial charge in [-0.1, -0.05) is 0 Å². The number of ether oxygens (including phenoxy) is 2. The number of nitrogens with zero attached hydrogens (tertiary/aromatic N) is 1. The van der Waals surface area contributed by atoms with Crippen molar-refractivity contribution in [3.63, 3.8) is 0 Å². The van der Waals surface area contributed by atoms with E-state index in [1.165, 1.54) is 5.56 Å². The molecule has 2 atom stereocenters. The number of hydrogen-bond acceptors (Lipinski definition) is 4. The third-order valence-electron chi connectivity index (χ3n) is 4.32. The first-order valence-electron chi connectivity index (χ1n) is 8.35. The van der Waals surface area contributed by atoms with Crippen molar-refractivity contribution in [1.29, 1.82) is 0 Å². The van der Waals surface area contributed by atoms with E-state index < -0.39 is 5.60 Å². The summed E-state index contributed by atoms with van der Waals surface area (Å²) in [6, 6.07) is 6.54. The van der Waals surface area contributed by atoms with Crippen molar-refractivity contribution < 1.29 is 14.3 Å². The largest absolute Gasteiger partial charge is 0.443 e. The molecule has 0 aromatic heterocycles. The fraction of sp³-hybridized carbons (Fsp3) is 0.611. The van der Waals surface area contributed by atoms with E-state index in [4.69, 9.17) is 9.47 Å². The molecule has 2 aliphatic heterocycles. The van der Waals surface area contributed by atoms with Crippen molar-refractivity contribution in [2.24, 2.45) is 0 Å². The molecule has 2 aliphatic rings. The van der Waals surface area contributed by atoms with Crippen molar-refractivity contribution in [3.05, 3.63) is 23.8 Å². The maximum absolute atomic E-state index is 12.3. The molecule has 0 bridgehead atoms. The first-order chi connectivity index (χ1) is 10.8. The Bertz CT molecular complexity index is 594. The molecule has 0 spiro atoms. The SMILES string of the molecule is C[C@H]1OCC[C@@H]1Nc1ccc2c(c1)CCN2C(=O)OC(C)(C)C. The second-order valence-corrected chi connectivity index (χ2v) is 7.34. The molecule has 5 heteroatoms. The van der Waals surface area contributed by atoms with Crippen LogP contribution in [0.3, 0.4) is 0 Å². The molecule has 1 N–H and O–H groups in total. The Morgan fingerprint density at radius 2 is 2.17 bits per heavy atom. The van der Waals surface area contributed by atoms with Crippen molar-refractivity contribution in [2.75, 3.05) is 23.4 Å². The van der Waals surface area contributed by atoms with E-state index in [2.05, 4.69) is 18.3 Å². The maximum atomic E-state index is 12.3. The van der Waals surface area contributed by atoms with Crippen LogP contribution in [0.15, 0.2) is 18.2 Å². The monoisotopic (exact) mass is 318 g/mol. The summed E-state index contributed by atoms with van der Waals surface area (Å²) < 4.78 is 11.1. The van der Waals surface area contributed by atoms with Crippen LogP contribution >= 0.6 is 0 Å². The van der Waals surface area contributed by atoms with Crippen LogP contribution in [0, 0.1) is 0 Å². The number of anilines is 2. The van der Waals surface area contributed by atoms with Gasteiger partial charge in [0.2, 0.25) is 0 Å². The molecule has 5 nitrogen and oxygen atoms in total. The van der Waals surface area contributed by atoms with Crippen LogP contribution < -0.4 is 10.2 Å². The van der Waals surface area contributed by atoms with Gasteiger partial charge in [-0.15, -0.1) is 0 Å². The van der Waals surface area contributed by atoms with E-state index in [1.807, 2.05) is 32.9 Å². The van der Waals surface area contributed by atoms with Gasteiger partial charge in [-0.2, -0.15) is 0 Å². The van der Waals surface area contributed by atoms with Crippen LogP contribution in [-0.2, 0) is 15.9 Å². The number of amides is 1. The number of carbonyl (C=O) groups excluding carboxylic acids is 1. The smallest absolute Gasteiger partial charge is 0.414 e. The molecule has 0 unspecified atom stereocenters. The van der Waals surface area contributed by atoms with Crippen LogP contribution in [0.25, 0.3) is 0 Å². The molecule has 0 radical (unpaired) electrons. The minimum absolute atomic E-state index is 0.238. The second-order valence-electron chi connectivity index (χ2n) is 7.34. The molecule has 1 saturated heterocycles. The number of benzene rings is 1. The van der Waals surface area contributed by atoms with Crippen LogP contribution in [0.2, 0.25) is 0 Å². The molecular formula is C18H26N2O3. The molecule has 1 amide bonds. The average molecular weight is 318 g/mol. The van der Waals surface area contributed by atoms with Gasteiger partial charge in [0.1, 0.15) is 5.60 Å². The highest BCUT2D eigenvalue weighted by Gasteiger charge is 2.29. The fourth-order valence-corrected chi connectivity index (χ4v) is 3.13. The lowest BCUT2D eigenvalue weighted by atomic mass is 10.1. The van der Waals surface area contributed by atoms with E-state index in [1.54, 1.807) is 4.90 Å². The molecule has 1 aromatic rings. The Kier molecular flexibility index (Phi) is 4.23. The molecule has 2 heterocycles. The number of carbonyl (C=O) groups is 1. The summed E-state index contributed by atoms with van der Waals surface area (Å²) in [6.07, 6.45) is 1.86. The third kappa shape index (κ3) is 3.61. The van der Waals surface area contributed by atoms with Crippen molar-refractivity contribution in [2.45, 2.75) is 58.3 Å². The van der Waals surface area contributed by atoms with Crippen LogP contribution in [-0.4, -0.2) is 37.0 Å². The standard InChI is InChI=1S/C18H26N2O3/c1-12-15(8-10-22-12)19-14-5-6-16-13(11-14)7-9-20(16)17(21)23-18(2,3)4/h5-6,11-12,15,19H,7-10H2,1-4H3/t12-,15+/m1/s1. The summed E-state index contributed by atoms with van der Waals surface area (Å²) in [5.74, 6) is 0. The highest BCUT2D eigenvalue weighted by Crippen LogP contribution is 2.32. The van der Waals surface area contributed by atoms with Gasteiger partial charge in [-0.3, -0.25) is 4.90 Å². The average Bonchev–Trinajstić information content (AvgIpc) is 3.03. The van der Waals surface area contributed by atoms with Crippen LogP contribution in [0.1, 0.15) is 39.7 Å². The number of hydrogen-bond donors (Lipinski definition) is 1. The van der Waals surface area contributed by atoms with E-state index in [0.717, 1.165) is 30.8 Å². The Hall–Kier alpha value is -1.75. The van der Waals surface area contributed by atoms with E-state index in [0.29, 0.717) is 12.6 Å². The van der Waals surface area contributed by atoms with Crippen molar-refractivity contribution in [3.8, 4) is 0 Å². The zero-order valence-electron chi connectivity index (χ0n) is 14.4. The first-order valence-corrected chi connectivity index (χ1v) is 8.35. The van der Waals surface area contributed by atoms with Crippen molar-refractivity contribution >= 4 is 17.5 Å². The van der Waals surface area contributed by atoms with Gasteiger partial charge >= 0.3 is 6.09 Å². The molecular weight excluding hydrogens is 292 g/mol. The van der Waals surface area contributed by atoms with E-state index >= 15 is 0 Å². The summed E-state index contributed by atoms with van der Waals surface area (Å²) in [5.41, 5.74) is 2.77. The molecule has 23 heavy (non-hydrogen) atoms. The molecule has 1 aromatic carbocycles.